The Morgan fingerprint density at radius 3 is 2.65 bits per heavy atom. The van der Waals surface area contributed by atoms with Crippen LogP contribution in [0.15, 0.2) is 41.4 Å². The fourth-order valence-electron chi connectivity index (χ4n) is 3.95. The van der Waals surface area contributed by atoms with Crippen molar-refractivity contribution in [1.82, 2.24) is 4.90 Å². The first kappa shape index (κ1) is 17.3. The first-order chi connectivity index (χ1) is 12.7. The Kier molecular flexibility index (Phi) is 4.86. The van der Waals surface area contributed by atoms with E-state index in [9.17, 15) is 4.39 Å². The predicted molar refractivity (Wildman–Crippen MR) is 104 cm³/mol. The Labute approximate surface area is 158 Å². The van der Waals surface area contributed by atoms with Crippen molar-refractivity contribution in [2.45, 2.75) is 37.9 Å². The molecule has 4 rings (SSSR count). The smallest absolute Gasteiger partial charge is 0.165 e. The van der Waals surface area contributed by atoms with Gasteiger partial charge in [0.05, 0.1) is 18.3 Å². The van der Waals surface area contributed by atoms with Crippen molar-refractivity contribution in [3.63, 3.8) is 0 Å². The molecule has 0 radical (unpaired) electrons. The van der Waals surface area contributed by atoms with Gasteiger partial charge in [0.15, 0.2) is 11.6 Å². The van der Waals surface area contributed by atoms with Gasteiger partial charge in [-0.2, -0.15) is 0 Å². The van der Waals surface area contributed by atoms with E-state index in [0.29, 0.717) is 12.1 Å². The second kappa shape index (κ2) is 7.28. The van der Waals surface area contributed by atoms with Crippen LogP contribution in [0.4, 0.5) is 4.39 Å². The molecule has 1 heterocycles. The van der Waals surface area contributed by atoms with Crippen LogP contribution in [0.2, 0.25) is 0 Å². The van der Waals surface area contributed by atoms with Crippen LogP contribution in [0.5, 0.6) is 5.75 Å². The third-order valence-electron chi connectivity index (χ3n) is 5.57. The van der Waals surface area contributed by atoms with Gasteiger partial charge < -0.3 is 4.74 Å². The van der Waals surface area contributed by atoms with Crippen molar-refractivity contribution in [1.29, 1.82) is 0 Å². The lowest BCUT2D eigenvalue weighted by Crippen LogP contribution is -2.48. The van der Waals surface area contributed by atoms with E-state index < -0.39 is 0 Å². The average molecular weight is 368 g/mol. The molecular weight excluding hydrogens is 347 g/mol. The van der Waals surface area contributed by atoms with Gasteiger partial charge in [-0.05, 0) is 71.9 Å². The molecule has 0 aromatic heterocycles. The maximum atomic E-state index is 14.0. The minimum absolute atomic E-state index is 0.274. The summed E-state index contributed by atoms with van der Waals surface area (Å²) in [6, 6.07) is 12.5. The summed E-state index contributed by atoms with van der Waals surface area (Å²) in [7, 11) is 1.48. The Bertz CT molecular complexity index is 872. The summed E-state index contributed by atoms with van der Waals surface area (Å²) in [5, 5.41) is 2.50. The van der Waals surface area contributed by atoms with E-state index in [4.69, 9.17) is 17.0 Å². The fraction of sp³-hybridized carbons (Fsp3) is 0.381. The van der Waals surface area contributed by atoms with E-state index >= 15 is 0 Å². The number of methoxy groups -OCH3 is 1. The van der Waals surface area contributed by atoms with Crippen molar-refractivity contribution < 1.29 is 9.13 Å². The van der Waals surface area contributed by atoms with Crippen LogP contribution in [-0.4, -0.2) is 35.8 Å². The van der Waals surface area contributed by atoms with Gasteiger partial charge in [0.2, 0.25) is 0 Å². The highest BCUT2D eigenvalue weighted by atomic mass is 32.1. The Balaban J connectivity index is 1.53. The number of isothiocyanates is 1. The van der Waals surface area contributed by atoms with E-state index in [2.05, 4.69) is 33.3 Å². The van der Waals surface area contributed by atoms with Crippen LogP contribution in [0.25, 0.3) is 11.1 Å². The van der Waals surface area contributed by atoms with Crippen LogP contribution in [0.1, 0.15) is 24.0 Å². The molecule has 2 aliphatic rings. The van der Waals surface area contributed by atoms with Gasteiger partial charge in [-0.15, -0.1) is 0 Å². The third-order valence-corrected chi connectivity index (χ3v) is 5.68. The molecule has 2 aromatic carbocycles. The number of hydrogen-bond acceptors (Lipinski definition) is 4. The number of rotatable bonds is 4. The van der Waals surface area contributed by atoms with Crippen LogP contribution in [0, 0.1) is 5.82 Å². The quantitative estimate of drug-likeness (QED) is 0.587. The summed E-state index contributed by atoms with van der Waals surface area (Å²) in [5.74, 6) is -0.0552. The third kappa shape index (κ3) is 3.30. The second-order valence-corrected chi connectivity index (χ2v) is 7.24. The van der Waals surface area contributed by atoms with Gasteiger partial charge in [-0.25, -0.2) is 9.38 Å². The standard InChI is InChI=1S/C21H21FN2OS/c1-25-21-5-4-16(9-20(21)22)15-3-2-14-6-7-24(12-17(14)8-15)19-10-18(11-19)23-13-26/h2-5,8-9,18-19H,6-7,10-12H2,1H3. The molecule has 0 saturated heterocycles. The highest BCUT2D eigenvalue weighted by Crippen LogP contribution is 2.34. The summed E-state index contributed by atoms with van der Waals surface area (Å²) in [4.78, 5) is 6.73. The summed E-state index contributed by atoms with van der Waals surface area (Å²) in [6.07, 6.45) is 3.20. The monoisotopic (exact) mass is 368 g/mol. The van der Waals surface area contributed by atoms with Crippen molar-refractivity contribution in [3.05, 3.63) is 53.3 Å². The van der Waals surface area contributed by atoms with Crippen molar-refractivity contribution >= 4 is 17.4 Å². The lowest BCUT2D eigenvalue weighted by molar-refractivity contribution is 0.0986. The number of aliphatic imine (C=N–C) groups is 1. The van der Waals surface area contributed by atoms with Crippen molar-refractivity contribution in [2.75, 3.05) is 13.7 Å². The molecule has 0 spiro atoms. The molecule has 1 aliphatic carbocycles. The normalized spacial score (nSPS) is 22.1. The number of hydrogen-bond donors (Lipinski definition) is 0. The highest BCUT2D eigenvalue weighted by molar-refractivity contribution is 7.78. The molecule has 2 aromatic rings. The van der Waals surface area contributed by atoms with Gasteiger partial charge >= 0.3 is 0 Å². The molecule has 26 heavy (non-hydrogen) atoms. The summed E-state index contributed by atoms with van der Waals surface area (Å²) in [6.45, 7) is 2.03. The Hall–Kier alpha value is -2.07. The molecule has 0 N–H and O–H groups in total. The maximum Gasteiger partial charge on any atom is 0.165 e. The van der Waals surface area contributed by atoms with E-state index in [0.717, 1.165) is 43.5 Å². The van der Waals surface area contributed by atoms with Crippen LogP contribution in [-0.2, 0) is 13.0 Å². The summed E-state index contributed by atoms with van der Waals surface area (Å²) >= 11 is 4.70. The van der Waals surface area contributed by atoms with Crippen molar-refractivity contribution in [3.8, 4) is 16.9 Å². The number of ether oxygens (including phenoxy) is 1. The first-order valence-electron chi connectivity index (χ1n) is 8.94. The molecule has 0 unspecified atom stereocenters. The number of fused-ring (bicyclic) bond motifs is 1. The minimum atomic E-state index is -0.330. The zero-order chi connectivity index (χ0) is 18.1. The maximum absolute atomic E-state index is 14.0. The summed E-state index contributed by atoms with van der Waals surface area (Å²) in [5.41, 5.74) is 4.66. The molecule has 3 nitrogen and oxygen atoms in total. The van der Waals surface area contributed by atoms with Crippen LogP contribution < -0.4 is 4.74 Å². The predicted octanol–water partition coefficient (Wildman–Crippen LogP) is 4.49. The highest BCUT2D eigenvalue weighted by Gasteiger charge is 2.34. The first-order valence-corrected chi connectivity index (χ1v) is 9.35. The van der Waals surface area contributed by atoms with Gasteiger partial charge in [-0.1, -0.05) is 18.2 Å². The minimum Gasteiger partial charge on any atom is -0.494 e. The largest absolute Gasteiger partial charge is 0.494 e. The van der Waals surface area contributed by atoms with E-state index in [1.54, 1.807) is 12.1 Å². The van der Waals surface area contributed by atoms with Crippen molar-refractivity contribution in [2.24, 2.45) is 4.99 Å². The Morgan fingerprint density at radius 2 is 1.92 bits per heavy atom. The van der Waals surface area contributed by atoms with Gasteiger partial charge in [0.1, 0.15) is 0 Å². The lowest BCUT2D eigenvalue weighted by Gasteiger charge is -2.43. The van der Waals surface area contributed by atoms with E-state index in [-0.39, 0.29) is 11.6 Å². The van der Waals surface area contributed by atoms with Crippen LogP contribution in [0.3, 0.4) is 0 Å². The molecule has 1 aliphatic heterocycles. The number of thiocarbonyl (C=S) groups is 1. The number of halogens is 1. The van der Waals surface area contributed by atoms with Gasteiger partial charge in [-0.3, -0.25) is 4.90 Å². The molecule has 1 saturated carbocycles. The molecule has 5 heteroatoms. The topological polar surface area (TPSA) is 24.8 Å². The zero-order valence-corrected chi connectivity index (χ0v) is 15.6. The SMILES string of the molecule is COc1ccc(-c2ccc3c(c2)CN(C2CC(N=C=S)C2)CC3)cc1F. The molecule has 134 valence electrons. The Morgan fingerprint density at radius 1 is 1.15 bits per heavy atom. The molecule has 0 amide bonds. The average Bonchev–Trinajstić information content (AvgIpc) is 2.63. The zero-order valence-electron chi connectivity index (χ0n) is 14.7. The van der Waals surface area contributed by atoms with E-state index in [1.165, 1.54) is 18.2 Å². The van der Waals surface area contributed by atoms with E-state index in [1.807, 2.05) is 6.07 Å². The van der Waals surface area contributed by atoms with Crippen LogP contribution >= 0.6 is 12.2 Å². The summed E-state index contributed by atoms with van der Waals surface area (Å²) < 4.78 is 19.1. The molecule has 1 fully saturated rings. The lowest BCUT2D eigenvalue weighted by atomic mass is 9.84. The number of benzene rings is 2. The van der Waals surface area contributed by atoms with Gasteiger partial charge in [0.25, 0.3) is 0 Å². The van der Waals surface area contributed by atoms with Gasteiger partial charge in [0, 0.05) is 19.1 Å². The number of nitrogens with zero attached hydrogens (tertiary/aromatic N) is 2. The molecular formula is C21H21FN2OS. The molecule has 0 bridgehead atoms. The second-order valence-electron chi connectivity index (χ2n) is 7.05. The fourth-order valence-corrected chi connectivity index (χ4v) is 4.10. The molecule has 0 atom stereocenters.